The summed E-state index contributed by atoms with van der Waals surface area (Å²) in [6.07, 6.45) is -0.687. The van der Waals surface area contributed by atoms with Gasteiger partial charge < -0.3 is 14.8 Å². The molecule has 144 valence electrons. The van der Waals surface area contributed by atoms with E-state index >= 15 is 0 Å². The number of hydrogen-bond donors (Lipinski definition) is 1. The van der Waals surface area contributed by atoms with E-state index in [1.54, 1.807) is 55.5 Å². The summed E-state index contributed by atoms with van der Waals surface area (Å²) in [6, 6.07) is 16.0. The molecule has 3 aromatic rings. The molecule has 28 heavy (non-hydrogen) atoms. The monoisotopic (exact) mass is 397 g/mol. The van der Waals surface area contributed by atoms with Gasteiger partial charge in [0.15, 0.2) is 6.10 Å². The van der Waals surface area contributed by atoms with Gasteiger partial charge >= 0.3 is 6.01 Å². The smallest absolute Gasteiger partial charge is 0.322 e. The highest BCUT2D eigenvalue weighted by molar-refractivity contribution is 6.30. The molecule has 1 aromatic heterocycles. The second-order valence-electron chi connectivity index (χ2n) is 6.27. The number of halogens is 1. The van der Waals surface area contributed by atoms with Crippen molar-refractivity contribution in [2.75, 3.05) is 5.32 Å². The molecule has 0 aliphatic rings. The van der Waals surface area contributed by atoms with Crippen LogP contribution in [0, 0.1) is 13.8 Å². The minimum Gasteiger partial charge on any atom is -0.481 e. The number of carbonyl (C=O) groups is 1. The van der Waals surface area contributed by atoms with Crippen LogP contribution in [0.25, 0.3) is 0 Å². The van der Waals surface area contributed by atoms with E-state index in [9.17, 15) is 4.79 Å². The summed E-state index contributed by atoms with van der Waals surface area (Å²) in [5.41, 5.74) is 2.22. The Morgan fingerprint density at radius 3 is 2.36 bits per heavy atom. The molecular formula is C21H20ClN3O3. The number of rotatable bonds is 6. The number of benzene rings is 2. The van der Waals surface area contributed by atoms with Crippen molar-refractivity contribution in [1.82, 2.24) is 9.97 Å². The fourth-order valence-electron chi connectivity index (χ4n) is 2.50. The number of aryl methyl sites for hydroxylation is 2. The van der Waals surface area contributed by atoms with Gasteiger partial charge in [-0.3, -0.25) is 4.79 Å². The SMILES string of the molecule is Cc1cc(C)nc(Oc2cccc(NC(=O)C(C)Oc3ccc(Cl)cc3)c2)n1. The third kappa shape index (κ3) is 5.44. The number of nitrogens with zero attached hydrogens (tertiary/aromatic N) is 2. The summed E-state index contributed by atoms with van der Waals surface area (Å²) >= 11 is 5.85. The Morgan fingerprint density at radius 1 is 1.00 bits per heavy atom. The highest BCUT2D eigenvalue weighted by Crippen LogP contribution is 2.23. The van der Waals surface area contributed by atoms with E-state index in [1.165, 1.54) is 0 Å². The fraction of sp³-hybridized carbons (Fsp3) is 0.190. The summed E-state index contributed by atoms with van der Waals surface area (Å²) in [4.78, 5) is 20.9. The van der Waals surface area contributed by atoms with E-state index < -0.39 is 6.10 Å². The van der Waals surface area contributed by atoms with Crippen LogP contribution in [-0.4, -0.2) is 22.0 Å². The Morgan fingerprint density at radius 2 is 1.68 bits per heavy atom. The maximum absolute atomic E-state index is 12.4. The van der Waals surface area contributed by atoms with Crippen LogP contribution in [0.15, 0.2) is 54.6 Å². The third-order valence-electron chi connectivity index (χ3n) is 3.77. The normalized spacial score (nSPS) is 11.6. The summed E-state index contributed by atoms with van der Waals surface area (Å²) in [7, 11) is 0. The maximum atomic E-state index is 12.4. The Labute approximate surface area is 168 Å². The van der Waals surface area contributed by atoms with E-state index in [4.69, 9.17) is 21.1 Å². The van der Waals surface area contributed by atoms with Gasteiger partial charge in [0.05, 0.1) is 0 Å². The molecule has 1 atom stereocenters. The van der Waals surface area contributed by atoms with Gasteiger partial charge in [0.2, 0.25) is 0 Å². The Bertz CT molecular complexity index is 957. The second-order valence-corrected chi connectivity index (χ2v) is 6.70. The number of aromatic nitrogens is 2. The zero-order chi connectivity index (χ0) is 20.1. The molecule has 3 rings (SSSR count). The van der Waals surface area contributed by atoms with Gasteiger partial charge in [-0.15, -0.1) is 0 Å². The largest absolute Gasteiger partial charge is 0.481 e. The van der Waals surface area contributed by atoms with E-state index in [2.05, 4.69) is 15.3 Å². The van der Waals surface area contributed by atoms with E-state index in [-0.39, 0.29) is 11.9 Å². The number of carbonyl (C=O) groups excluding carboxylic acids is 1. The van der Waals surface area contributed by atoms with Crippen LogP contribution in [0.2, 0.25) is 5.02 Å². The number of ether oxygens (including phenoxy) is 2. The van der Waals surface area contributed by atoms with Gasteiger partial charge in [-0.05, 0) is 63.2 Å². The molecule has 0 bridgehead atoms. The summed E-state index contributed by atoms with van der Waals surface area (Å²) in [5.74, 6) is 0.805. The lowest BCUT2D eigenvalue weighted by Crippen LogP contribution is -2.30. The van der Waals surface area contributed by atoms with E-state index in [0.717, 1.165) is 11.4 Å². The number of hydrogen-bond acceptors (Lipinski definition) is 5. The summed E-state index contributed by atoms with van der Waals surface area (Å²) in [5, 5.41) is 3.42. The lowest BCUT2D eigenvalue weighted by atomic mass is 10.2. The molecule has 0 fully saturated rings. The van der Waals surface area contributed by atoms with Crippen molar-refractivity contribution in [1.29, 1.82) is 0 Å². The van der Waals surface area contributed by atoms with Gasteiger partial charge in [-0.25, -0.2) is 9.97 Å². The van der Waals surface area contributed by atoms with Crippen LogP contribution in [0.1, 0.15) is 18.3 Å². The lowest BCUT2D eigenvalue weighted by Gasteiger charge is -2.15. The minimum absolute atomic E-state index is 0.264. The number of anilines is 1. The first-order valence-corrected chi connectivity index (χ1v) is 9.10. The van der Waals surface area contributed by atoms with Crippen LogP contribution in [0.5, 0.6) is 17.5 Å². The van der Waals surface area contributed by atoms with Crippen molar-refractivity contribution in [3.05, 3.63) is 71.0 Å². The molecule has 6 nitrogen and oxygen atoms in total. The van der Waals surface area contributed by atoms with Crippen LogP contribution < -0.4 is 14.8 Å². The Kier molecular flexibility index (Phi) is 6.11. The standard InChI is InChI=1S/C21H20ClN3O3/c1-13-11-14(2)24-21(23-13)28-19-6-4-5-17(12-19)25-20(26)15(3)27-18-9-7-16(22)8-10-18/h4-12,15H,1-3H3,(H,25,26). The highest BCUT2D eigenvalue weighted by Gasteiger charge is 2.15. The molecule has 1 amide bonds. The van der Waals surface area contributed by atoms with Crippen LogP contribution in [0.4, 0.5) is 5.69 Å². The van der Waals surface area contributed by atoms with Crippen LogP contribution in [-0.2, 0) is 4.79 Å². The van der Waals surface area contributed by atoms with Crippen LogP contribution in [0.3, 0.4) is 0 Å². The molecule has 7 heteroatoms. The number of amides is 1. The zero-order valence-corrected chi connectivity index (χ0v) is 16.5. The van der Waals surface area contributed by atoms with Gasteiger partial charge in [-0.1, -0.05) is 17.7 Å². The van der Waals surface area contributed by atoms with Crippen molar-refractivity contribution >= 4 is 23.2 Å². The lowest BCUT2D eigenvalue weighted by molar-refractivity contribution is -0.122. The predicted molar refractivity (Wildman–Crippen MR) is 108 cm³/mol. The Balaban J connectivity index is 1.64. The van der Waals surface area contributed by atoms with Crippen molar-refractivity contribution in [2.24, 2.45) is 0 Å². The second kappa shape index (κ2) is 8.71. The molecule has 0 spiro atoms. The highest BCUT2D eigenvalue weighted by atomic mass is 35.5. The number of nitrogens with one attached hydrogen (secondary N) is 1. The molecule has 0 saturated carbocycles. The topological polar surface area (TPSA) is 73.3 Å². The maximum Gasteiger partial charge on any atom is 0.322 e. The molecular weight excluding hydrogens is 378 g/mol. The van der Waals surface area contributed by atoms with E-state index in [1.807, 2.05) is 19.9 Å². The Hall–Kier alpha value is -3.12. The van der Waals surface area contributed by atoms with Crippen molar-refractivity contribution in [2.45, 2.75) is 26.9 Å². The molecule has 0 aliphatic carbocycles. The van der Waals surface area contributed by atoms with Crippen molar-refractivity contribution in [3.8, 4) is 17.5 Å². The summed E-state index contributed by atoms with van der Waals surface area (Å²) < 4.78 is 11.3. The minimum atomic E-state index is -0.687. The average molecular weight is 398 g/mol. The first-order valence-electron chi connectivity index (χ1n) is 8.72. The fourth-order valence-corrected chi connectivity index (χ4v) is 2.62. The van der Waals surface area contributed by atoms with E-state index in [0.29, 0.717) is 22.2 Å². The molecule has 0 aliphatic heterocycles. The predicted octanol–water partition coefficient (Wildman–Crippen LogP) is 4.95. The molecule has 1 N–H and O–H groups in total. The third-order valence-corrected chi connectivity index (χ3v) is 4.02. The van der Waals surface area contributed by atoms with Gasteiger partial charge in [0.1, 0.15) is 11.5 Å². The van der Waals surface area contributed by atoms with Gasteiger partial charge in [0.25, 0.3) is 5.91 Å². The van der Waals surface area contributed by atoms with Gasteiger partial charge in [0, 0.05) is 28.2 Å². The molecule has 0 radical (unpaired) electrons. The van der Waals surface area contributed by atoms with Crippen LogP contribution >= 0.6 is 11.6 Å². The molecule has 1 unspecified atom stereocenters. The van der Waals surface area contributed by atoms with Gasteiger partial charge in [-0.2, -0.15) is 0 Å². The first kappa shape index (κ1) is 19.6. The summed E-state index contributed by atoms with van der Waals surface area (Å²) in [6.45, 7) is 5.42. The molecule has 1 heterocycles. The molecule has 2 aromatic carbocycles. The quantitative estimate of drug-likeness (QED) is 0.637. The molecule has 0 saturated heterocycles. The van der Waals surface area contributed by atoms with Crippen molar-refractivity contribution < 1.29 is 14.3 Å². The first-order chi connectivity index (χ1) is 13.4. The zero-order valence-electron chi connectivity index (χ0n) is 15.8. The average Bonchev–Trinajstić information content (AvgIpc) is 2.63. The van der Waals surface area contributed by atoms with Crippen molar-refractivity contribution in [3.63, 3.8) is 0 Å².